The molecule has 1 aromatic rings. The fourth-order valence-electron chi connectivity index (χ4n) is 1.36. The van der Waals surface area contributed by atoms with Crippen molar-refractivity contribution in [2.45, 2.75) is 18.8 Å². The molecule has 0 heterocycles. The van der Waals surface area contributed by atoms with Gasteiger partial charge in [0.25, 0.3) is 0 Å². The van der Waals surface area contributed by atoms with Crippen LogP contribution in [0.3, 0.4) is 0 Å². The van der Waals surface area contributed by atoms with Crippen molar-refractivity contribution in [3.63, 3.8) is 0 Å². The Hall–Kier alpha value is -1.20. The number of halogens is 1. The van der Waals surface area contributed by atoms with Crippen LogP contribution in [0.4, 0.5) is 5.69 Å². The first-order valence-corrected chi connectivity index (χ1v) is 4.63. The van der Waals surface area contributed by atoms with Crippen LogP contribution in [-0.2, 0) is 0 Å². The van der Waals surface area contributed by atoms with Gasteiger partial charge in [-0.25, -0.2) is 0 Å². The van der Waals surface area contributed by atoms with Crippen molar-refractivity contribution in [3.05, 3.63) is 28.8 Å². The standard InChI is InChI=1S/C10H9ClN2/c11-9-5-8(7-1-2-7)3-4-10(9)13-6-12/h3-5,7,13H,1-2H2. The van der Waals surface area contributed by atoms with Gasteiger partial charge in [-0.05, 0) is 36.5 Å². The molecule has 0 bridgehead atoms. The van der Waals surface area contributed by atoms with Crippen LogP contribution in [0.5, 0.6) is 0 Å². The first-order chi connectivity index (χ1) is 6.31. The summed E-state index contributed by atoms with van der Waals surface area (Å²) in [6, 6.07) is 5.83. The molecule has 0 spiro atoms. The molecule has 0 saturated heterocycles. The van der Waals surface area contributed by atoms with E-state index in [1.807, 2.05) is 24.4 Å². The topological polar surface area (TPSA) is 35.8 Å². The summed E-state index contributed by atoms with van der Waals surface area (Å²) in [6.45, 7) is 0. The van der Waals surface area contributed by atoms with E-state index < -0.39 is 0 Å². The lowest BCUT2D eigenvalue weighted by Gasteiger charge is -2.03. The van der Waals surface area contributed by atoms with Crippen LogP contribution >= 0.6 is 11.6 Å². The lowest BCUT2D eigenvalue weighted by molar-refractivity contribution is 1.13. The third kappa shape index (κ3) is 1.76. The van der Waals surface area contributed by atoms with Crippen LogP contribution in [0.25, 0.3) is 0 Å². The number of rotatable bonds is 2. The molecule has 1 fully saturated rings. The summed E-state index contributed by atoms with van der Waals surface area (Å²) in [6.07, 6.45) is 4.39. The number of hydrogen-bond acceptors (Lipinski definition) is 2. The lowest BCUT2D eigenvalue weighted by Crippen LogP contribution is -1.89. The maximum absolute atomic E-state index is 8.42. The molecule has 3 heteroatoms. The van der Waals surface area contributed by atoms with Crippen LogP contribution in [0, 0.1) is 11.5 Å². The van der Waals surface area contributed by atoms with Crippen molar-refractivity contribution >= 4 is 17.3 Å². The highest BCUT2D eigenvalue weighted by atomic mass is 35.5. The Labute approximate surface area is 82.1 Å². The molecule has 2 rings (SSSR count). The summed E-state index contributed by atoms with van der Waals surface area (Å²) < 4.78 is 0. The second-order valence-electron chi connectivity index (χ2n) is 3.25. The number of nitriles is 1. The summed E-state index contributed by atoms with van der Waals surface area (Å²) in [4.78, 5) is 0. The monoisotopic (exact) mass is 192 g/mol. The average Bonchev–Trinajstić information content (AvgIpc) is 2.91. The Morgan fingerprint density at radius 2 is 2.23 bits per heavy atom. The second-order valence-corrected chi connectivity index (χ2v) is 3.66. The maximum Gasteiger partial charge on any atom is 0.181 e. The van der Waals surface area contributed by atoms with Crippen LogP contribution in [0.2, 0.25) is 5.02 Å². The van der Waals surface area contributed by atoms with E-state index in [4.69, 9.17) is 16.9 Å². The molecule has 0 atom stereocenters. The zero-order chi connectivity index (χ0) is 9.26. The van der Waals surface area contributed by atoms with E-state index in [-0.39, 0.29) is 0 Å². The smallest absolute Gasteiger partial charge is 0.181 e. The van der Waals surface area contributed by atoms with Gasteiger partial charge in [-0.3, -0.25) is 5.32 Å². The van der Waals surface area contributed by atoms with Crippen molar-refractivity contribution < 1.29 is 0 Å². The molecule has 0 unspecified atom stereocenters. The van der Waals surface area contributed by atoms with Gasteiger partial charge in [0.15, 0.2) is 6.19 Å². The minimum atomic E-state index is 0.631. The van der Waals surface area contributed by atoms with Gasteiger partial charge in [0.2, 0.25) is 0 Å². The van der Waals surface area contributed by atoms with Gasteiger partial charge < -0.3 is 0 Å². The van der Waals surface area contributed by atoms with E-state index in [9.17, 15) is 0 Å². The minimum Gasteiger partial charge on any atom is -0.291 e. The van der Waals surface area contributed by atoms with Crippen LogP contribution in [0.15, 0.2) is 18.2 Å². The highest BCUT2D eigenvalue weighted by Gasteiger charge is 2.23. The summed E-state index contributed by atoms with van der Waals surface area (Å²) >= 11 is 5.97. The van der Waals surface area contributed by atoms with Crippen molar-refractivity contribution in [1.82, 2.24) is 0 Å². The largest absolute Gasteiger partial charge is 0.291 e. The molecule has 0 radical (unpaired) electrons. The molecule has 2 nitrogen and oxygen atoms in total. The molecule has 0 aromatic heterocycles. The fraction of sp³-hybridized carbons (Fsp3) is 0.300. The Bertz CT molecular complexity index is 364. The van der Waals surface area contributed by atoms with Crippen molar-refractivity contribution in [2.24, 2.45) is 0 Å². The number of nitrogens with zero attached hydrogens (tertiary/aromatic N) is 1. The van der Waals surface area contributed by atoms with Crippen LogP contribution in [-0.4, -0.2) is 0 Å². The third-order valence-corrected chi connectivity index (χ3v) is 2.55. The maximum atomic E-state index is 8.42. The SMILES string of the molecule is N#CNc1ccc(C2CC2)cc1Cl. The number of benzene rings is 1. The molecule has 1 aliphatic carbocycles. The highest BCUT2D eigenvalue weighted by Crippen LogP contribution is 2.41. The van der Waals surface area contributed by atoms with Gasteiger partial charge in [0, 0.05) is 0 Å². The van der Waals surface area contributed by atoms with Crippen molar-refractivity contribution in [3.8, 4) is 6.19 Å². The molecule has 0 aliphatic heterocycles. The molecule has 1 aliphatic rings. The van der Waals surface area contributed by atoms with Gasteiger partial charge in [-0.15, -0.1) is 0 Å². The van der Waals surface area contributed by atoms with Crippen LogP contribution < -0.4 is 5.32 Å². The molecular weight excluding hydrogens is 184 g/mol. The minimum absolute atomic E-state index is 0.631. The first kappa shape index (κ1) is 8.40. The second kappa shape index (κ2) is 3.27. The molecular formula is C10H9ClN2. The highest BCUT2D eigenvalue weighted by molar-refractivity contribution is 6.33. The Balaban J connectivity index is 2.27. The van der Waals surface area contributed by atoms with Crippen LogP contribution in [0.1, 0.15) is 24.3 Å². The lowest BCUT2D eigenvalue weighted by atomic mass is 10.1. The molecule has 0 amide bonds. The Morgan fingerprint density at radius 3 is 2.77 bits per heavy atom. The number of anilines is 1. The van der Waals surface area contributed by atoms with Gasteiger partial charge in [0.1, 0.15) is 0 Å². The Kier molecular flexibility index (Phi) is 2.12. The number of nitrogens with one attached hydrogen (secondary N) is 1. The van der Waals surface area contributed by atoms with Gasteiger partial charge >= 0.3 is 0 Å². The summed E-state index contributed by atoms with van der Waals surface area (Å²) in [5.41, 5.74) is 1.97. The number of hydrogen-bond donors (Lipinski definition) is 1. The molecule has 66 valence electrons. The first-order valence-electron chi connectivity index (χ1n) is 4.26. The molecule has 1 saturated carbocycles. The predicted molar refractivity (Wildman–Crippen MR) is 52.7 cm³/mol. The summed E-state index contributed by atoms with van der Waals surface area (Å²) in [5, 5.41) is 11.6. The predicted octanol–water partition coefficient (Wildman–Crippen LogP) is 3.11. The molecule has 1 aromatic carbocycles. The quantitative estimate of drug-likeness (QED) is 0.577. The Morgan fingerprint density at radius 1 is 1.46 bits per heavy atom. The van der Waals surface area contributed by atoms with E-state index in [2.05, 4.69) is 5.32 Å². The van der Waals surface area contributed by atoms with E-state index in [0.717, 1.165) is 0 Å². The van der Waals surface area contributed by atoms with E-state index in [0.29, 0.717) is 16.6 Å². The van der Waals surface area contributed by atoms with E-state index in [1.165, 1.54) is 18.4 Å². The van der Waals surface area contributed by atoms with Gasteiger partial charge in [-0.2, -0.15) is 5.26 Å². The zero-order valence-electron chi connectivity index (χ0n) is 7.05. The normalized spacial score (nSPS) is 15.1. The zero-order valence-corrected chi connectivity index (χ0v) is 7.80. The third-order valence-electron chi connectivity index (χ3n) is 2.23. The van der Waals surface area contributed by atoms with Gasteiger partial charge in [-0.1, -0.05) is 17.7 Å². The summed E-state index contributed by atoms with van der Waals surface area (Å²) in [5.74, 6) is 0.702. The van der Waals surface area contributed by atoms with Crippen molar-refractivity contribution in [2.75, 3.05) is 5.32 Å². The van der Waals surface area contributed by atoms with Crippen molar-refractivity contribution in [1.29, 1.82) is 5.26 Å². The molecule has 13 heavy (non-hydrogen) atoms. The molecule has 1 N–H and O–H groups in total. The average molecular weight is 193 g/mol. The van der Waals surface area contributed by atoms with Gasteiger partial charge in [0.05, 0.1) is 10.7 Å². The summed E-state index contributed by atoms with van der Waals surface area (Å²) in [7, 11) is 0. The van der Waals surface area contributed by atoms with E-state index >= 15 is 0 Å². The van der Waals surface area contributed by atoms with E-state index in [1.54, 1.807) is 0 Å². The fourth-order valence-corrected chi connectivity index (χ4v) is 1.60.